The van der Waals surface area contributed by atoms with Crippen molar-refractivity contribution in [1.82, 2.24) is 4.90 Å². The van der Waals surface area contributed by atoms with Crippen molar-refractivity contribution in [2.45, 2.75) is 25.8 Å². The maximum absolute atomic E-state index is 13.3. The summed E-state index contributed by atoms with van der Waals surface area (Å²) in [5, 5.41) is 0. The fourth-order valence-electron chi connectivity index (χ4n) is 1.78. The predicted octanol–water partition coefficient (Wildman–Crippen LogP) is 3.21. The predicted molar refractivity (Wildman–Crippen MR) is 63.8 cm³/mol. The summed E-state index contributed by atoms with van der Waals surface area (Å²) in [6.07, 6.45) is 2.12. The van der Waals surface area contributed by atoms with Crippen molar-refractivity contribution in [3.05, 3.63) is 34.1 Å². The molecule has 86 valence electrons. The Labute approximate surface area is 103 Å². The molecule has 0 aliphatic heterocycles. The van der Waals surface area contributed by atoms with Crippen molar-refractivity contribution in [1.29, 1.82) is 0 Å². The number of benzene rings is 1. The van der Waals surface area contributed by atoms with Crippen LogP contribution in [-0.2, 0) is 0 Å². The van der Waals surface area contributed by atoms with E-state index in [4.69, 9.17) is 0 Å². The van der Waals surface area contributed by atoms with E-state index in [-0.39, 0.29) is 10.4 Å². The molecule has 0 heterocycles. The molecular formula is C12H13BrFNO. The van der Waals surface area contributed by atoms with Crippen molar-refractivity contribution in [3.8, 4) is 0 Å². The molecule has 1 saturated carbocycles. The van der Waals surface area contributed by atoms with Gasteiger partial charge in [-0.15, -0.1) is 0 Å². The Kier molecular flexibility index (Phi) is 3.28. The molecule has 1 fully saturated rings. The minimum atomic E-state index is -0.391. The molecule has 0 atom stereocenters. The van der Waals surface area contributed by atoms with Crippen LogP contribution in [0, 0.1) is 5.82 Å². The van der Waals surface area contributed by atoms with Gasteiger partial charge in [-0.1, -0.05) is 6.07 Å². The lowest BCUT2D eigenvalue weighted by Crippen LogP contribution is -2.33. The number of hydrogen-bond donors (Lipinski definition) is 0. The number of halogens is 2. The highest BCUT2D eigenvalue weighted by atomic mass is 79.9. The van der Waals surface area contributed by atoms with E-state index in [1.165, 1.54) is 6.07 Å². The van der Waals surface area contributed by atoms with E-state index in [0.29, 0.717) is 18.2 Å². The average molecular weight is 286 g/mol. The largest absolute Gasteiger partial charge is 0.336 e. The second kappa shape index (κ2) is 4.53. The first-order chi connectivity index (χ1) is 7.65. The highest BCUT2D eigenvalue weighted by Gasteiger charge is 2.32. The molecule has 1 aliphatic rings. The topological polar surface area (TPSA) is 20.3 Å². The quantitative estimate of drug-likeness (QED) is 0.835. The van der Waals surface area contributed by atoms with Gasteiger partial charge >= 0.3 is 0 Å². The van der Waals surface area contributed by atoms with Crippen LogP contribution in [0.1, 0.15) is 30.1 Å². The summed E-state index contributed by atoms with van der Waals surface area (Å²) in [5.74, 6) is -0.478. The molecule has 2 rings (SSSR count). The minimum absolute atomic E-state index is 0.0867. The summed E-state index contributed by atoms with van der Waals surface area (Å²) in [6, 6.07) is 4.91. The number of amides is 1. The summed E-state index contributed by atoms with van der Waals surface area (Å²) >= 11 is 3.13. The van der Waals surface area contributed by atoms with Gasteiger partial charge in [0, 0.05) is 12.6 Å². The molecule has 0 N–H and O–H groups in total. The summed E-state index contributed by atoms with van der Waals surface area (Å²) in [4.78, 5) is 14.0. The van der Waals surface area contributed by atoms with Gasteiger partial charge in [0.05, 0.1) is 10.0 Å². The second-order valence-corrected chi connectivity index (χ2v) is 4.72. The van der Waals surface area contributed by atoms with Gasteiger partial charge in [0.25, 0.3) is 5.91 Å². The first-order valence-corrected chi connectivity index (χ1v) is 6.19. The third kappa shape index (κ3) is 2.12. The Morgan fingerprint density at radius 3 is 2.81 bits per heavy atom. The molecule has 2 nitrogen and oxygen atoms in total. The lowest BCUT2D eigenvalue weighted by Gasteiger charge is -2.21. The molecule has 0 spiro atoms. The monoisotopic (exact) mass is 285 g/mol. The van der Waals surface area contributed by atoms with E-state index in [0.717, 1.165) is 12.8 Å². The van der Waals surface area contributed by atoms with Crippen LogP contribution in [0.3, 0.4) is 0 Å². The van der Waals surface area contributed by atoms with Crippen molar-refractivity contribution >= 4 is 21.8 Å². The zero-order chi connectivity index (χ0) is 11.7. The maximum atomic E-state index is 13.3. The molecule has 0 saturated heterocycles. The van der Waals surface area contributed by atoms with E-state index in [2.05, 4.69) is 15.9 Å². The average Bonchev–Trinajstić information content (AvgIpc) is 3.07. The van der Waals surface area contributed by atoms with Crippen molar-refractivity contribution < 1.29 is 9.18 Å². The van der Waals surface area contributed by atoms with Crippen LogP contribution in [0.25, 0.3) is 0 Å². The SMILES string of the molecule is CCN(C(=O)c1cccc(F)c1Br)C1CC1. The van der Waals surface area contributed by atoms with Gasteiger partial charge < -0.3 is 4.90 Å². The third-order valence-electron chi connectivity index (χ3n) is 2.77. The Morgan fingerprint density at radius 2 is 2.25 bits per heavy atom. The molecule has 0 aromatic heterocycles. The van der Waals surface area contributed by atoms with Gasteiger partial charge in [-0.3, -0.25) is 4.79 Å². The molecule has 1 aliphatic carbocycles. The van der Waals surface area contributed by atoms with Crippen molar-refractivity contribution in [3.63, 3.8) is 0 Å². The van der Waals surface area contributed by atoms with Crippen LogP contribution in [0.2, 0.25) is 0 Å². The smallest absolute Gasteiger partial charge is 0.255 e. The Hall–Kier alpha value is -0.900. The summed E-state index contributed by atoms with van der Waals surface area (Å²) < 4.78 is 13.6. The lowest BCUT2D eigenvalue weighted by atomic mass is 10.2. The zero-order valence-corrected chi connectivity index (χ0v) is 10.6. The van der Waals surface area contributed by atoms with Crippen LogP contribution in [0.5, 0.6) is 0 Å². The summed E-state index contributed by atoms with van der Waals surface area (Å²) in [5.41, 5.74) is 0.411. The highest BCUT2D eigenvalue weighted by molar-refractivity contribution is 9.10. The Bertz CT molecular complexity index is 417. The number of rotatable bonds is 3. The van der Waals surface area contributed by atoms with Crippen LogP contribution < -0.4 is 0 Å². The number of nitrogens with zero attached hydrogens (tertiary/aromatic N) is 1. The van der Waals surface area contributed by atoms with Crippen molar-refractivity contribution in [2.24, 2.45) is 0 Å². The normalized spacial score (nSPS) is 14.9. The molecule has 1 amide bonds. The number of hydrogen-bond acceptors (Lipinski definition) is 1. The summed E-state index contributed by atoms with van der Waals surface area (Å²) in [7, 11) is 0. The van der Waals surface area contributed by atoms with E-state index >= 15 is 0 Å². The van der Waals surface area contributed by atoms with E-state index < -0.39 is 5.82 Å². The molecular weight excluding hydrogens is 273 g/mol. The standard InChI is InChI=1S/C12H13BrFNO/c1-2-15(8-6-7-8)12(16)9-4-3-5-10(14)11(9)13/h3-5,8H,2,6-7H2,1H3. The zero-order valence-electron chi connectivity index (χ0n) is 9.04. The van der Waals surface area contributed by atoms with E-state index in [9.17, 15) is 9.18 Å². The number of carbonyl (C=O) groups excluding carboxylic acids is 1. The fraction of sp³-hybridized carbons (Fsp3) is 0.417. The lowest BCUT2D eigenvalue weighted by molar-refractivity contribution is 0.0751. The minimum Gasteiger partial charge on any atom is -0.336 e. The van der Waals surface area contributed by atoms with Gasteiger partial charge in [-0.25, -0.2) is 4.39 Å². The van der Waals surface area contributed by atoms with Crippen molar-refractivity contribution in [2.75, 3.05) is 6.54 Å². The van der Waals surface area contributed by atoms with E-state index in [1.807, 2.05) is 6.92 Å². The Morgan fingerprint density at radius 1 is 1.56 bits per heavy atom. The first kappa shape index (κ1) is 11.6. The van der Waals surface area contributed by atoms with Gasteiger partial charge in [0.15, 0.2) is 0 Å². The molecule has 4 heteroatoms. The number of carbonyl (C=O) groups is 1. The third-order valence-corrected chi connectivity index (χ3v) is 3.58. The fourth-order valence-corrected chi connectivity index (χ4v) is 2.21. The Balaban J connectivity index is 2.28. The van der Waals surface area contributed by atoms with Gasteiger partial charge in [-0.05, 0) is 47.8 Å². The molecule has 0 bridgehead atoms. The van der Waals surface area contributed by atoms with Crippen LogP contribution in [0.15, 0.2) is 22.7 Å². The molecule has 16 heavy (non-hydrogen) atoms. The van der Waals surface area contributed by atoms with Gasteiger partial charge in [-0.2, -0.15) is 0 Å². The van der Waals surface area contributed by atoms with Crippen LogP contribution >= 0.6 is 15.9 Å². The van der Waals surface area contributed by atoms with Gasteiger partial charge in [0.1, 0.15) is 5.82 Å². The molecule has 1 aromatic rings. The molecule has 0 unspecified atom stereocenters. The highest BCUT2D eigenvalue weighted by Crippen LogP contribution is 2.30. The second-order valence-electron chi connectivity index (χ2n) is 3.92. The molecule has 1 aromatic carbocycles. The molecule has 0 radical (unpaired) electrons. The van der Waals surface area contributed by atoms with Crippen LogP contribution in [-0.4, -0.2) is 23.4 Å². The van der Waals surface area contributed by atoms with Gasteiger partial charge in [0.2, 0.25) is 0 Å². The first-order valence-electron chi connectivity index (χ1n) is 5.40. The van der Waals surface area contributed by atoms with Crippen LogP contribution in [0.4, 0.5) is 4.39 Å². The summed E-state index contributed by atoms with van der Waals surface area (Å²) in [6.45, 7) is 2.62. The van der Waals surface area contributed by atoms with E-state index in [1.54, 1.807) is 17.0 Å². The maximum Gasteiger partial charge on any atom is 0.255 e.